The van der Waals surface area contributed by atoms with Gasteiger partial charge in [0.2, 0.25) is 5.82 Å². The first kappa shape index (κ1) is 13.4. The molecule has 0 saturated carbocycles. The van der Waals surface area contributed by atoms with E-state index in [1.165, 1.54) is 13.2 Å². The Balaban J connectivity index is 2.38. The molecule has 0 unspecified atom stereocenters. The third-order valence-corrected chi connectivity index (χ3v) is 2.91. The second kappa shape index (κ2) is 4.89. The molecule has 1 aromatic carbocycles. The smallest absolute Gasteiger partial charge is 0.261 e. The fraction of sp³-hybridized carbons (Fsp3) is 0.385. The average Bonchev–Trinajstić information content (AvgIpc) is 2.88. The van der Waals surface area contributed by atoms with Crippen molar-refractivity contribution in [1.29, 1.82) is 0 Å². The normalized spacial score (nSPS) is 11.6. The van der Waals surface area contributed by atoms with Gasteiger partial charge < -0.3 is 19.1 Å². The lowest BCUT2D eigenvalue weighted by molar-refractivity contribution is 0.00973. The van der Waals surface area contributed by atoms with Gasteiger partial charge >= 0.3 is 0 Å². The number of hydrogen-bond acceptors (Lipinski definition) is 6. The van der Waals surface area contributed by atoms with E-state index < -0.39 is 5.60 Å². The first-order valence-electron chi connectivity index (χ1n) is 5.74. The molecule has 6 heteroatoms. The van der Waals surface area contributed by atoms with Crippen LogP contribution in [0.15, 0.2) is 22.7 Å². The van der Waals surface area contributed by atoms with E-state index in [9.17, 15) is 5.11 Å². The van der Waals surface area contributed by atoms with Crippen LogP contribution < -0.4 is 4.74 Å². The summed E-state index contributed by atoms with van der Waals surface area (Å²) in [5, 5.41) is 13.8. The summed E-state index contributed by atoms with van der Waals surface area (Å²) in [4.78, 5) is 4.24. The maximum atomic E-state index is 9.91. The van der Waals surface area contributed by atoms with Crippen molar-refractivity contribution in [3.63, 3.8) is 0 Å². The highest BCUT2D eigenvalue weighted by Gasteiger charge is 2.27. The maximum Gasteiger partial charge on any atom is 0.261 e. The number of ether oxygens (including phenoxy) is 2. The van der Waals surface area contributed by atoms with Crippen LogP contribution in [0, 0.1) is 0 Å². The summed E-state index contributed by atoms with van der Waals surface area (Å²) in [6, 6.07) is 4.85. The summed E-state index contributed by atoms with van der Waals surface area (Å²) in [5.74, 6) is 1.23. The standard InChI is InChI=1S/C13H16N2O4/c1-13(2,18-4)12-14-11(19-15-12)9-6-5-8(17-3)7-10(9)16/h5-7,16H,1-4H3. The van der Waals surface area contributed by atoms with Gasteiger partial charge in [-0.2, -0.15) is 4.98 Å². The Morgan fingerprint density at radius 3 is 2.58 bits per heavy atom. The van der Waals surface area contributed by atoms with Crippen molar-refractivity contribution in [3.05, 3.63) is 24.0 Å². The van der Waals surface area contributed by atoms with Crippen LogP contribution in [-0.2, 0) is 10.3 Å². The molecular weight excluding hydrogens is 248 g/mol. The van der Waals surface area contributed by atoms with Crippen LogP contribution in [0.3, 0.4) is 0 Å². The molecule has 2 rings (SSSR count). The fourth-order valence-corrected chi connectivity index (χ4v) is 1.49. The van der Waals surface area contributed by atoms with Crippen molar-refractivity contribution >= 4 is 0 Å². The number of aromatic nitrogens is 2. The first-order valence-corrected chi connectivity index (χ1v) is 5.74. The average molecular weight is 264 g/mol. The van der Waals surface area contributed by atoms with Crippen molar-refractivity contribution in [1.82, 2.24) is 10.1 Å². The van der Waals surface area contributed by atoms with Crippen LogP contribution in [0.25, 0.3) is 11.5 Å². The van der Waals surface area contributed by atoms with Gasteiger partial charge in [0.25, 0.3) is 5.89 Å². The molecule has 0 fully saturated rings. The number of hydrogen-bond donors (Lipinski definition) is 1. The highest BCUT2D eigenvalue weighted by Crippen LogP contribution is 2.32. The second-order valence-electron chi connectivity index (χ2n) is 4.52. The van der Waals surface area contributed by atoms with Crippen LogP contribution in [-0.4, -0.2) is 29.5 Å². The van der Waals surface area contributed by atoms with Gasteiger partial charge in [0, 0.05) is 13.2 Å². The summed E-state index contributed by atoms with van der Waals surface area (Å²) < 4.78 is 15.4. The first-order chi connectivity index (χ1) is 8.97. The third kappa shape index (κ3) is 2.53. The fourth-order valence-electron chi connectivity index (χ4n) is 1.49. The lowest BCUT2D eigenvalue weighted by atomic mass is 10.1. The van der Waals surface area contributed by atoms with E-state index in [2.05, 4.69) is 10.1 Å². The second-order valence-corrected chi connectivity index (χ2v) is 4.52. The van der Waals surface area contributed by atoms with Gasteiger partial charge in [-0.15, -0.1) is 0 Å². The van der Waals surface area contributed by atoms with E-state index in [1.807, 2.05) is 13.8 Å². The van der Waals surface area contributed by atoms with E-state index in [0.717, 1.165) is 0 Å². The van der Waals surface area contributed by atoms with Gasteiger partial charge in [-0.3, -0.25) is 0 Å². The molecule has 0 atom stereocenters. The third-order valence-electron chi connectivity index (χ3n) is 2.91. The Morgan fingerprint density at radius 2 is 2.00 bits per heavy atom. The zero-order valence-corrected chi connectivity index (χ0v) is 11.3. The minimum atomic E-state index is -0.649. The van der Waals surface area contributed by atoms with Crippen LogP contribution in [0.5, 0.6) is 11.5 Å². The molecule has 19 heavy (non-hydrogen) atoms. The maximum absolute atomic E-state index is 9.91. The summed E-state index contributed by atoms with van der Waals surface area (Å²) >= 11 is 0. The minimum absolute atomic E-state index is 0.0183. The van der Waals surface area contributed by atoms with Gasteiger partial charge in [-0.05, 0) is 26.0 Å². The Bertz CT molecular complexity index is 578. The van der Waals surface area contributed by atoms with E-state index in [4.69, 9.17) is 14.0 Å². The molecule has 0 aliphatic rings. The Labute approximate surface area is 111 Å². The lowest BCUT2D eigenvalue weighted by Crippen LogP contribution is -2.21. The van der Waals surface area contributed by atoms with E-state index >= 15 is 0 Å². The zero-order chi connectivity index (χ0) is 14.0. The predicted octanol–water partition coefficient (Wildman–Crippen LogP) is 2.33. The lowest BCUT2D eigenvalue weighted by Gasteiger charge is -2.17. The molecule has 0 spiro atoms. The molecule has 1 N–H and O–H groups in total. The number of benzene rings is 1. The van der Waals surface area contributed by atoms with Crippen LogP contribution in [0.4, 0.5) is 0 Å². The SMILES string of the molecule is COc1ccc(-c2nc(C(C)(C)OC)no2)c(O)c1. The molecule has 0 amide bonds. The molecule has 1 heterocycles. The molecule has 6 nitrogen and oxygen atoms in total. The molecule has 0 saturated heterocycles. The summed E-state index contributed by atoms with van der Waals surface area (Å²) in [5.41, 5.74) is -0.199. The van der Waals surface area contributed by atoms with E-state index in [-0.39, 0.29) is 11.6 Å². The molecule has 0 bridgehead atoms. The topological polar surface area (TPSA) is 77.6 Å². The molecule has 0 aliphatic heterocycles. The summed E-state index contributed by atoms with van der Waals surface area (Å²) in [7, 11) is 3.10. The van der Waals surface area contributed by atoms with Crippen molar-refractivity contribution < 1.29 is 19.1 Å². The van der Waals surface area contributed by atoms with Gasteiger partial charge in [0.05, 0.1) is 12.7 Å². The molecule has 102 valence electrons. The molecule has 0 radical (unpaired) electrons. The molecular formula is C13H16N2O4. The van der Waals surface area contributed by atoms with Gasteiger partial charge in [0.15, 0.2) is 0 Å². The predicted molar refractivity (Wildman–Crippen MR) is 68.0 cm³/mol. The number of methoxy groups -OCH3 is 2. The van der Waals surface area contributed by atoms with E-state index in [0.29, 0.717) is 17.1 Å². The van der Waals surface area contributed by atoms with Crippen molar-refractivity contribution in [2.45, 2.75) is 19.4 Å². The minimum Gasteiger partial charge on any atom is -0.507 e. The number of nitrogens with zero attached hydrogens (tertiary/aromatic N) is 2. The molecule has 1 aromatic heterocycles. The monoisotopic (exact) mass is 264 g/mol. The van der Waals surface area contributed by atoms with Crippen molar-refractivity contribution in [2.75, 3.05) is 14.2 Å². The Hall–Kier alpha value is -2.08. The number of phenolic OH excluding ortho intramolecular Hbond substituents is 1. The van der Waals surface area contributed by atoms with Gasteiger partial charge in [0.1, 0.15) is 17.1 Å². The number of rotatable bonds is 4. The highest BCUT2D eigenvalue weighted by atomic mass is 16.5. The molecule has 2 aromatic rings. The van der Waals surface area contributed by atoms with Gasteiger partial charge in [-0.1, -0.05) is 5.16 Å². The largest absolute Gasteiger partial charge is 0.507 e. The molecule has 0 aliphatic carbocycles. The van der Waals surface area contributed by atoms with Gasteiger partial charge in [-0.25, -0.2) is 0 Å². The number of phenols is 1. The zero-order valence-electron chi connectivity index (χ0n) is 11.3. The van der Waals surface area contributed by atoms with Crippen LogP contribution in [0.2, 0.25) is 0 Å². The highest BCUT2D eigenvalue weighted by molar-refractivity contribution is 5.63. The number of aromatic hydroxyl groups is 1. The van der Waals surface area contributed by atoms with Crippen molar-refractivity contribution in [2.24, 2.45) is 0 Å². The van der Waals surface area contributed by atoms with Crippen molar-refractivity contribution in [3.8, 4) is 23.0 Å². The summed E-state index contributed by atoms with van der Waals surface area (Å²) in [6.07, 6.45) is 0. The van der Waals surface area contributed by atoms with E-state index in [1.54, 1.807) is 19.2 Å². The Morgan fingerprint density at radius 1 is 1.26 bits per heavy atom. The van der Waals surface area contributed by atoms with Crippen LogP contribution >= 0.6 is 0 Å². The Kier molecular flexibility index (Phi) is 3.44. The van der Waals surface area contributed by atoms with Crippen LogP contribution in [0.1, 0.15) is 19.7 Å². The summed E-state index contributed by atoms with van der Waals surface area (Å²) in [6.45, 7) is 3.66. The quantitative estimate of drug-likeness (QED) is 0.913.